The summed E-state index contributed by atoms with van der Waals surface area (Å²) in [5.41, 5.74) is -4.63. The summed E-state index contributed by atoms with van der Waals surface area (Å²) in [5.74, 6) is -5.76. The highest BCUT2D eigenvalue weighted by Crippen LogP contribution is 2.67. The summed E-state index contributed by atoms with van der Waals surface area (Å²) >= 11 is 0. The van der Waals surface area contributed by atoms with E-state index in [0.717, 1.165) is 0 Å². The van der Waals surface area contributed by atoms with E-state index < -0.39 is 18.9 Å². The van der Waals surface area contributed by atoms with E-state index in [0.29, 0.717) is 0 Å². The normalized spacial score (nSPS) is 19.5. The molecule has 11 heavy (non-hydrogen) atoms. The van der Waals surface area contributed by atoms with Crippen LogP contribution >= 0.6 is 7.37 Å². The van der Waals surface area contributed by atoms with E-state index in [-0.39, 0.29) is 6.92 Å². The third-order valence-electron chi connectivity index (χ3n) is 0.876. The van der Waals surface area contributed by atoms with Gasteiger partial charge in [-0.1, -0.05) is 0 Å². The first-order valence-corrected chi connectivity index (χ1v) is 3.93. The predicted octanol–water partition coefficient (Wildman–Crippen LogP) is 2.39. The van der Waals surface area contributed by atoms with Crippen molar-refractivity contribution in [3.8, 4) is 0 Å². The van der Waals surface area contributed by atoms with Crippen molar-refractivity contribution in [1.82, 2.24) is 0 Å². The van der Waals surface area contributed by atoms with Crippen LogP contribution in [0.5, 0.6) is 0 Å². The van der Waals surface area contributed by atoms with Gasteiger partial charge in [0.1, 0.15) is 0 Å². The molecule has 0 amide bonds. The van der Waals surface area contributed by atoms with Crippen molar-refractivity contribution in [1.29, 1.82) is 0 Å². The SMILES string of the molecule is CC(F)(F)P(=O)(O)C(F)(F)F. The molecule has 0 aliphatic heterocycles. The lowest BCUT2D eigenvalue weighted by Crippen LogP contribution is -2.22. The maximum absolute atomic E-state index is 11.8. The Hall–Kier alpha value is -0.160. The molecule has 0 bridgehead atoms. The minimum Gasteiger partial charge on any atom is -0.334 e. The summed E-state index contributed by atoms with van der Waals surface area (Å²) in [6, 6.07) is 0. The van der Waals surface area contributed by atoms with Crippen LogP contribution < -0.4 is 0 Å². The molecule has 1 atom stereocenters. The van der Waals surface area contributed by atoms with Crippen molar-refractivity contribution in [2.24, 2.45) is 0 Å². The van der Waals surface area contributed by atoms with E-state index in [1.165, 1.54) is 0 Å². The van der Waals surface area contributed by atoms with E-state index >= 15 is 0 Å². The van der Waals surface area contributed by atoms with Crippen LogP contribution in [0.1, 0.15) is 6.92 Å². The lowest BCUT2D eigenvalue weighted by Gasteiger charge is -2.20. The molecule has 0 aliphatic rings. The maximum atomic E-state index is 11.8. The summed E-state index contributed by atoms with van der Waals surface area (Å²) in [5, 5.41) is 0. The molecule has 0 aromatic rings. The summed E-state index contributed by atoms with van der Waals surface area (Å²) in [4.78, 5) is 7.87. The Morgan fingerprint density at radius 1 is 1.18 bits per heavy atom. The Bertz CT molecular complexity index is 173. The molecule has 1 N–H and O–H groups in total. The molecule has 0 spiro atoms. The Morgan fingerprint density at radius 2 is 1.45 bits per heavy atom. The summed E-state index contributed by atoms with van der Waals surface area (Å²) in [7, 11) is -6.39. The van der Waals surface area contributed by atoms with E-state index in [1.54, 1.807) is 0 Å². The van der Waals surface area contributed by atoms with Crippen molar-refractivity contribution in [2.75, 3.05) is 0 Å². The topological polar surface area (TPSA) is 37.3 Å². The van der Waals surface area contributed by atoms with Gasteiger partial charge < -0.3 is 4.89 Å². The highest BCUT2D eigenvalue weighted by atomic mass is 31.2. The smallest absolute Gasteiger partial charge is 0.334 e. The van der Waals surface area contributed by atoms with Crippen molar-refractivity contribution >= 4 is 7.37 Å². The molecule has 0 saturated heterocycles. The van der Waals surface area contributed by atoms with Gasteiger partial charge in [0.15, 0.2) is 0 Å². The summed E-state index contributed by atoms with van der Waals surface area (Å²) < 4.78 is 67.5. The quantitative estimate of drug-likeness (QED) is 0.518. The molecule has 68 valence electrons. The fourth-order valence-electron chi connectivity index (χ4n) is 0.223. The highest BCUT2D eigenvalue weighted by Gasteiger charge is 2.63. The van der Waals surface area contributed by atoms with Crippen LogP contribution in [0.2, 0.25) is 0 Å². The molecule has 0 saturated carbocycles. The van der Waals surface area contributed by atoms with Gasteiger partial charge in [-0.3, -0.25) is 4.57 Å². The molecule has 0 fully saturated rings. The largest absolute Gasteiger partial charge is 0.471 e. The van der Waals surface area contributed by atoms with Crippen molar-refractivity contribution in [3.63, 3.8) is 0 Å². The van der Waals surface area contributed by atoms with Gasteiger partial charge in [-0.05, 0) is 0 Å². The van der Waals surface area contributed by atoms with Crippen LogP contribution in [0, 0.1) is 0 Å². The average Bonchev–Trinajstić information content (AvgIpc) is 1.58. The third-order valence-corrected chi connectivity index (χ3v) is 2.63. The summed E-state index contributed by atoms with van der Waals surface area (Å²) in [6.45, 7) is -0.249. The maximum Gasteiger partial charge on any atom is 0.471 e. The second-order valence-electron chi connectivity index (χ2n) is 1.89. The molecule has 8 heteroatoms. The van der Waals surface area contributed by atoms with Gasteiger partial charge in [-0.25, -0.2) is 0 Å². The first-order chi connectivity index (χ1) is 4.50. The molecule has 0 heterocycles. The first kappa shape index (κ1) is 10.8. The van der Waals surface area contributed by atoms with E-state index in [2.05, 4.69) is 0 Å². The minimum atomic E-state index is -6.39. The van der Waals surface area contributed by atoms with E-state index in [9.17, 15) is 26.5 Å². The number of hydrogen-bond acceptors (Lipinski definition) is 1. The van der Waals surface area contributed by atoms with Crippen LogP contribution in [0.4, 0.5) is 22.0 Å². The number of rotatable bonds is 1. The zero-order chi connectivity index (χ0) is 9.50. The monoisotopic (exact) mass is 198 g/mol. The Morgan fingerprint density at radius 3 is 1.45 bits per heavy atom. The van der Waals surface area contributed by atoms with Gasteiger partial charge in [0.25, 0.3) is 0 Å². The lowest BCUT2D eigenvalue weighted by atomic mass is 10.9. The van der Waals surface area contributed by atoms with E-state index in [4.69, 9.17) is 4.89 Å². The van der Waals surface area contributed by atoms with Crippen LogP contribution in [-0.4, -0.2) is 16.5 Å². The first-order valence-electron chi connectivity index (χ1n) is 2.27. The molecule has 0 aliphatic carbocycles. The zero-order valence-corrected chi connectivity index (χ0v) is 6.09. The number of alkyl halides is 5. The molecular formula is C3H4F5O2P. The average molecular weight is 198 g/mol. The Balaban J connectivity index is 4.92. The van der Waals surface area contributed by atoms with Crippen molar-refractivity contribution < 1.29 is 31.4 Å². The molecule has 0 aromatic carbocycles. The third kappa shape index (κ3) is 1.90. The zero-order valence-electron chi connectivity index (χ0n) is 5.19. The van der Waals surface area contributed by atoms with Crippen molar-refractivity contribution in [2.45, 2.75) is 18.5 Å². The molecule has 2 nitrogen and oxygen atoms in total. The molecular weight excluding hydrogens is 194 g/mol. The van der Waals surface area contributed by atoms with E-state index in [1.807, 2.05) is 0 Å². The van der Waals surface area contributed by atoms with Gasteiger partial charge in [0.05, 0.1) is 0 Å². The van der Waals surface area contributed by atoms with Crippen LogP contribution in [-0.2, 0) is 4.57 Å². The van der Waals surface area contributed by atoms with Gasteiger partial charge in [0.2, 0.25) is 0 Å². The molecule has 1 unspecified atom stereocenters. The van der Waals surface area contributed by atoms with Crippen LogP contribution in [0.15, 0.2) is 0 Å². The number of halogens is 5. The Labute approximate surface area is 58.5 Å². The predicted molar refractivity (Wildman–Crippen MR) is 26.5 cm³/mol. The Kier molecular flexibility index (Phi) is 2.38. The fraction of sp³-hybridized carbons (Fsp3) is 1.00. The second kappa shape index (κ2) is 2.42. The van der Waals surface area contributed by atoms with Crippen molar-refractivity contribution in [3.05, 3.63) is 0 Å². The van der Waals surface area contributed by atoms with Gasteiger partial charge in [-0.15, -0.1) is 0 Å². The van der Waals surface area contributed by atoms with Crippen LogP contribution in [0.25, 0.3) is 0 Å². The van der Waals surface area contributed by atoms with Gasteiger partial charge >= 0.3 is 18.9 Å². The van der Waals surface area contributed by atoms with Crippen LogP contribution in [0.3, 0.4) is 0 Å². The fourth-order valence-corrected chi connectivity index (χ4v) is 0.668. The second-order valence-corrected chi connectivity index (χ2v) is 4.33. The minimum absolute atomic E-state index is 0.249. The summed E-state index contributed by atoms with van der Waals surface area (Å²) in [6.07, 6.45) is 0. The molecule has 0 rings (SSSR count). The lowest BCUT2D eigenvalue weighted by molar-refractivity contribution is -0.0707. The van der Waals surface area contributed by atoms with Gasteiger partial charge in [0, 0.05) is 6.92 Å². The highest BCUT2D eigenvalue weighted by molar-refractivity contribution is 7.60. The molecule has 0 radical (unpaired) electrons. The standard InChI is InChI=1S/C3H4F5O2P/c1-2(4,5)11(9,10)3(6,7)8/h1H3,(H,9,10). The number of hydrogen-bond donors (Lipinski definition) is 1. The molecule has 0 aromatic heterocycles. The van der Waals surface area contributed by atoms with Gasteiger partial charge in [-0.2, -0.15) is 22.0 Å².